The van der Waals surface area contributed by atoms with Crippen LogP contribution in [-0.2, 0) is 16.1 Å². The molecule has 21 heavy (non-hydrogen) atoms. The fraction of sp³-hybridized carbons (Fsp3) is 0.625. The smallest absolute Gasteiger partial charge is 0.240 e. The van der Waals surface area contributed by atoms with E-state index in [2.05, 4.69) is 5.32 Å². The van der Waals surface area contributed by atoms with Gasteiger partial charge in [0.1, 0.15) is 5.76 Å². The van der Waals surface area contributed by atoms with Gasteiger partial charge in [-0.25, -0.2) is 0 Å². The Bertz CT molecular complexity index is 448. The summed E-state index contributed by atoms with van der Waals surface area (Å²) in [6.07, 6.45) is 8.33. The molecule has 1 aromatic heterocycles. The van der Waals surface area contributed by atoms with Crippen molar-refractivity contribution in [3.05, 3.63) is 24.2 Å². The van der Waals surface area contributed by atoms with Gasteiger partial charge >= 0.3 is 0 Å². The zero-order valence-electron chi connectivity index (χ0n) is 12.6. The Morgan fingerprint density at radius 1 is 1.29 bits per heavy atom. The molecule has 1 aliphatic carbocycles. The third kappa shape index (κ3) is 4.92. The monoisotopic (exact) mass is 292 g/mol. The van der Waals surface area contributed by atoms with Crippen LogP contribution in [0.3, 0.4) is 0 Å². The van der Waals surface area contributed by atoms with E-state index in [9.17, 15) is 9.59 Å². The molecule has 0 aromatic carbocycles. The molecule has 2 amide bonds. The summed E-state index contributed by atoms with van der Waals surface area (Å²) in [5.74, 6) is 0.563. The zero-order chi connectivity index (χ0) is 15.1. The topological polar surface area (TPSA) is 62.6 Å². The SMILES string of the molecule is CC(=O)N(CC(=O)NCc1ccco1)C1CCCCCC1. The van der Waals surface area contributed by atoms with Crippen molar-refractivity contribution in [1.29, 1.82) is 0 Å². The molecule has 0 spiro atoms. The molecule has 2 rings (SSSR count). The van der Waals surface area contributed by atoms with Crippen LogP contribution in [0.4, 0.5) is 0 Å². The Balaban J connectivity index is 1.86. The Labute approximate surface area is 125 Å². The molecule has 1 aromatic rings. The average molecular weight is 292 g/mol. The van der Waals surface area contributed by atoms with E-state index in [1.165, 1.54) is 12.8 Å². The van der Waals surface area contributed by atoms with Gasteiger partial charge < -0.3 is 14.6 Å². The molecule has 0 aliphatic heterocycles. The van der Waals surface area contributed by atoms with Crippen LogP contribution in [0.25, 0.3) is 0 Å². The lowest BCUT2D eigenvalue weighted by Gasteiger charge is -2.29. The van der Waals surface area contributed by atoms with Crippen molar-refractivity contribution < 1.29 is 14.0 Å². The Kier molecular flexibility index (Phi) is 5.84. The number of nitrogens with one attached hydrogen (secondary N) is 1. The van der Waals surface area contributed by atoms with Crippen molar-refractivity contribution in [2.75, 3.05) is 6.54 Å². The molecule has 5 nitrogen and oxygen atoms in total. The number of nitrogens with zero attached hydrogens (tertiary/aromatic N) is 1. The van der Waals surface area contributed by atoms with Gasteiger partial charge in [0, 0.05) is 13.0 Å². The lowest BCUT2D eigenvalue weighted by Crippen LogP contribution is -2.45. The summed E-state index contributed by atoms with van der Waals surface area (Å²) in [6.45, 7) is 2.05. The number of hydrogen-bond donors (Lipinski definition) is 1. The number of carbonyl (C=O) groups is 2. The van der Waals surface area contributed by atoms with Gasteiger partial charge in [-0.2, -0.15) is 0 Å². The molecule has 1 heterocycles. The van der Waals surface area contributed by atoms with Crippen LogP contribution in [0.15, 0.2) is 22.8 Å². The second-order valence-electron chi connectivity index (χ2n) is 5.65. The Morgan fingerprint density at radius 3 is 2.57 bits per heavy atom. The van der Waals surface area contributed by atoms with Gasteiger partial charge in [0.05, 0.1) is 19.4 Å². The number of furan rings is 1. The fourth-order valence-corrected chi connectivity index (χ4v) is 2.88. The van der Waals surface area contributed by atoms with Crippen LogP contribution in [0.1, 0.15) is 51.2 Å². The van der Waals surface area contributed by atoms with Gasteiger partial charge in [0.2, 0.25) is 11.8 Å². The first kappa shape index (κ1) is 15.6. The van der Waals surface area contributed by atoms with E-state index in [0.29, 0.717) is 12.3 Å². The molecule has 0 bridgehead atoms. The van der Waals surface area contributed by atoms with Gasteiger partial charge in [-0.05, 0) is 25.0 Å². The largest absolute Gasteiger partial charge is 0.467 e. The summed E-state index contributed by atoms with van der Waals surface area (Å²) in [4.78, 5) is 25.6. The first-order chi connectivity index (χ1) is 10.2. The summed E-state index contributed by atoms with van der Waals surface area (Å²) >= 11 is 0. The van der Waals surface area contributed by atoms with Crippen LogP contribution in [0.5, 0.6) is 0 Å². The second-order valence-corrected chi connectivity index (χ2v) is 5.65. The molecule has 1 fully saturated rings. The average Bonchev–Trinajstić information content (AvgIpc) is 2.84. The molecular weight excluding hydrogens is 268 g/mol. The highest BCUT2D eigenvalue weighted by atomic mass is 16.3. The Hall–Kier alpha value is -1.78. The van der Waals surface area contributed by atoms with Gasteiger partial charge in [-0.15, -0.1) is 0 Å². The van der Waals surface area contributed by atoms with E-state index < -0.39 is 0 Å². The van der Waals surface area contributed by atoms with E-state index in [4.69, 9.17) is 4.42 Å². The van der Waals surface area contributed by atoms with E-state index in [1.807, 2.05) is 6.07 Å². The van der Waals surface area contributed by atoms with E-state index >= 15 is 0 Å². The zero-order valence-corrected chi connectivity index (χ0v) is 12.6. The predicted molar refractivity (Wildman–Crippen MR) is 79.4 cm³/mol. The van der Waals surface area contributed by atoms with Crippen LogP contribution < -0.4 is 5.32 Å². The predicted octanol–water partition coefficient (Wildman–Crippen LogP) is 2.47. The quantitative estimate of drug-likeness (QED) is 0.848. The maximum Gasteiger partial charge on any atom is 0.240 e. The molecule has 1 N–H and O–H groups in total. The standard InChI is InChI=1S/C16H24N2O3/c1-13(19)18(14-7-4-2-3-5-8-14)12-16(20)17-11-15-9-6-10-21-15/h6,9-10,14H,2-5,7-8,11-12H2,1H3,(H,17,20). The lowest BCUT2D eigenvalue weighted by atomic mass is 10.1. The minimum atomic E-state index is -0.133. The molecule has 5 heteroatoms. The van der Waals surface area contributed by atoms with Gasteiger partial charge in [-0.1, -0.05) is 25.7 Å². The summed E-state index contributed by atoms with van der Waals surface area (Å²) in [6, 6.07) is 3.81. The highest BCUT2D eigenvalue weighted by Crippen LogP contribution is 2.21. The fourth-order valence-electron chi connectivity index (χ4n) is 2.88. The highest BCUT2D eigenvalue weighted by Gasteiger charge is 2.24. The van der Waals surface area contributed by atoms with E-state index in [1.54, 1.807) is 24.2 Å². The molecule has 116 valence electrons. The highest BCUT2D eigenvalue weighted by molar-refractivity contribution is 5.83. The lowest BCUT2D eigenvalue weighted by molar-refractivity contribution is -0.137. The summed E-state index contributed by atoms with van der Waals surface area (Å²) < 4.78 is 5.17. The molecule has 0 saturated heterocycles. The van der Waals surface area contributed by atoms with Crippen LogP contribution in [0, 0.1) is 0 Å². The van der Waals surface area contributed by atoms with Gasteiger partial charge in [0.25, 0.3) is 0 Å². The maximum atomic E-state index is 12.0. The summed E-state index contributed by atoms with van der Waals surface area (Å²) in [7, 11) is 0. The molecule has 0 unspecified atom stereocenters. The third-order valence-electron chi connectivity index (χ3n) is 4.02. The molecule has 0 radical (unpaired) electrons. The van der Waals surface area contributed by atoms with E-state index in [0.717, 1.165) is 25.7 Å². The first-order valence-corrected chi connectivity index (χ1v) is 7.73. The second kappa shape index (κ2) is 7.86. The van der Waals surface area contributed by atoms with Crippen molar-refractivity contribution in [3.8, 4) is 0 Å². The number of rotatable bonds is 5. The minimum absolute atomic E-state index is 0.0185. The summed E-state index contributed by atoms with van der Waals surface area (Å²) in [5.41, 5.74) is 0. The van der Waals surface area contributed by atoms with Crippen molar-refractivity contribution in [2.45, 2.75) is 58.0 Å². The molecule has 0 atom stereocenters. The molecule has 1 aliphatic rings. The van der Waals surface area contributed by atoms with Gasteiger partial charge in [-0.3, -0.25) is 9.59 Å². The molecular formula is C16H24N2O3. The Morgan fingerprint density at radius 2 is 2.00 bits per heavy atom. The van der Waals surface area contributed by atoms with Crippen molar-refractivity contribution in [3.63, 3.8) is 0 Å². The summed E-state index contributed by atoms with van der Waals surface area (Å²) in [5, 5.41) is 2.80. The normalized spacial score (nSPS) is 16.2. The van der Waals surface area contributed by atoms with Crippen molar-refractivity contribution in [2.24, 2.45) is 0 Å². The number of hydrogen-bond acceptors (Lipinski definition) is 3. The van der Waals surface area contributed by atoms with Crippen molar-refractivity contribution >= 4 is 11.8 Å². The third-order valence-corrected chi connectivity index (χ3v) is 4.02. The van der Waals surface area contributed by atoms with Crippen molar-refractivity contribution in [1.82, 2.24) is 10.2 Å². The number of carbonyl (C=O) groups excluding carboxylic acids is 2. The van der Waals surface area contributed by atoms with Gasteiger partial charge in [0.15, 0.2) is 0 Å². The molecule has 1 saturated carbocycles. The van der Waals surface area contributed by atoms with Crippen LogP contribution in [0.2, 0.25) is 0 Å². The first-order valence-electron chi connectivity index (χ1n) is 7.73. The minimum Gasteiger partial charge on any atom is -0.467 e. The maximum absolute atomic E-state index is 12.0. The number of amides is 2. The van der Waals surface area contributed by atoms with Crippen LogP contribution in [-0.4, -0.2) is 29.3 Å². The van der Waals surface area contributed by atoms with E-state index in [-0.39, 0.29) is 24.4 Å². The van der Waals surface area contributed by atoms with Crippen LogP contribution >= 0.6 is 0 Å².